The monoisotopic (exact) mass is 190 g/mol. The van der Waals surface area contributed by atoms with E-state index in [-0.39, 0.29) is 12.1 Å². The molecule has 0 aliphatic carbocycles. The van der Waals surface area contributed by atoms with E-state index in [1.165, 1.54) is 0 Å². The minimum Gasteiger partial charge on any atom is -0.480 e. The molecule has 4 N–H and O–H groups in total. The lowest BCUT2D eigenvalue weighted by atomic mass is 10.1. The molecule has 1 unspecified atom stereocenters. The van der Waals surface area contributed by atoms with Gasteiger partial charge in [-0.25, -0.2) is 0 Å². The molecule has 0 radical (unpaired) electrons. The fourth-order valence-electron chi connectivity index (χ4n) is 0.885. The highest BCUT2D eigenvalue weighted by Gasteiger charge is 2.19. The van der Waals surface area contributed by atoms with Crippen LogP contribution in [0.5, 0.6) is 0 Å². The Kier molecular flexibility index (Phi) is 4.90. The molecule has 0 fully saturated rings. The van der Waals surface area contributed by atoms with Crippen LogP contribution in [0.4, 0.5) is 0 Å². The molecule has 0 saturated heterocycles. The summed E-state index contributed by atoms with van der Waals surface area (Å²) >= 11 is 0. The Morgan fingerprint density at radius 2 is 2.23 bits per heavy atom. The third-order valence-electron chi connectivity index (χ3n) is 1.62. The molecule has 0 saturated carbocycles. The minimum atomic E-state index is -0.999. The molecule has 0 rings (SSSR count). The molecule has 5 heteroatoms. The lowest BCUT2D eigenvalue weighted by Crippen LogP contribution is -2.50. The number of nitrogens with one attached hydrogen (secondary N) is 1. The number of methoxy groups -OCH3 is 1. The summed E-state index contributed by atoms with van der Waals surface area (Å²) in [6.07, 6.45) is 0. The summed E-state index contributed by atoms with van der Waals surface area (Å²) in [5.74, 6) is -0.999. The van der Waals surface area contributed by atoms with Gasteiger partial charge in [-0.1, -0.05) is 0 Å². The SMILES string of the molecule is COCC(C)(C)NCC(N)C(=O)O. The van der Waals surface area contributed by atoms with Crippen LogP contribution in [-0.2, 0) is 9.53 Å². The van der Waals surface area contributed by atoms with Crippen LogP contribution in [0.25, 0.3) is 0 Å². The molecule has 0 aromatic heterocycles. The first-order valence-electron chi connectivity index (χ1n) is 4.11. The van der Waals surface area contributed by atoms with Gasteiger partial charge in [0, 0.05) is 19.2 Å². The molecule has 0 aromatic rings. The number of rotatable bonds is 6. The van der Waals surface area contributed by atoms with Crippen LogP contribution >= 0.6 is 0 Å². The molecule has 0 bridgehead atoms. The molecule has 13 heavy (non-hydrogen) atoms. The van der Waals surface area contributed by atoms with Gasteiger partial charge in [0.1, 0.15) is 6.04 Å². The van der Waals surface area contributed by atoms with Gasteiger partial charge in [-0.05, 0) is 13.8 Å². The number of hydrogen-bond donors (Lipinski definition) is 3. The van der Waals surface area contributed by atoms with Gasteiger partial charge in [-0.15, -0.1) is 0 Å². The lowest BCUT2D eigenvalue weighted by molar-refractivity contribution is -0.138. The van der Waals surface area contributed by atoms with E-state index in [4.69, 9.17) is 15.6 Å². The molecule has 78 valence electrons. The van der Waals surface area contributed by atoms with Gasteiger partial charge in [-0.3, -0.25) is 4.79 Å². The van der Waals surface area contributed by atoms with Crippen LogP contribution in [0.1, 0.15) is 13.8 Å². The second-order valence-electron chi connectivity index (χ2n) is 3.64. The van der Waals surface area contributed by atoms with Gasteiger partial charge >= 0.3 is 5.97 Å². The zero-order chi connectivity index (χ0) is 10.5. The van der Waals surface area contributed by atoms with Gasteiger partial charge in [0.25, 0.3) is 0 Å². The van der Waals surface area contributed by atoms with Crippen molar-refractivity contribution in [2.45, 2.75) is 25.4 Å². The van der Waals surface area contributed by atoms with Crippen LogP contribution in [0, 0.1) is 0 Å². The van der Waals surface area contributed by atoms with Crippen molar-refractivity contribution in [2.75, 3.05) is 20.3 Å². The maximum absolute atomic E-state index is 10.4. The summed E-state index contributed by atoms with van der Waals surface area (Å²) in [6.45, 7) is 4.60. The van der Waals surface area contributed by atoms with E-state index in [0.717, 1.165) is 0 Å². The van der Waals surface area contributed by atoms with Crippen molar-refractivity contribution in [1.82, 2.24) is 5.32 Å². The summed E-state index contributed by atoms with van der Waals surface area (Å²) in [6, 6.07) is -0.865. The molecule has 0 heterocycles. The largest absolute Gasteiger partial charge is 0.480 e. The van der Waals surface area contributed by atoms with Crippen molar-refractivity contribution >= 4 is 5.97 Å². The fourth-order valence-corrected chi connectivity index (χ4v) is 0.885. The number of carbonyl (C=O) groups is 1. The Morgan fingerprint density at radius 3 is 2.62 bits per heavy atom. The summed E-state index contributed by atoms with van der Waals surface area (Å²) in [7, 11) is 1.60. The Hall–Kier alpha value is -0.650. The predicted molar refractivity (Wildman–Crippen MR) is 49.6 cm³/mol. The topological polar surface area (TPSA) is 84.6 Å². The zero-order valence-corrected chi connectivity index (χ0v) is 8.33. The van der Waals surface area contributed by atoms with Crippen molar-refractivity contribution in [3.8, 4) is 0 Å². The maximum atomic E-state index is 10.4. The van der Waals surface area contributed by atoms with Gasteiger partial charge in [0.05, 0.1) is 6.61 Å². The Balaban J connectivity index is 3.80. The van der Waals surface area contributed by atoms with Crippen molar-refractivity contribution < 1.29 is 14.6 Å². The smallest absolute Gasteiger partial charge is 0.321 e. The summed E-state index contributed by atoms with van der Waals surface area (Å²) < 4.78 is 4.95. The average molecular weight is 190 g/mol. The van der Waals surface area contributed by atoms with Crippen molar-refractivity contribution in [2.24, 2.45) is 5.73 Å². The lowest BCUT2D eigenvalue weighted by Gasteiger charge is -2.26. The first-order valence-corrected chi connectivity index (χ1v) is 4.11. The van der Waals surface area contributed by atoms with Gasteiger partial charge < -0.3 is 20.9 Å². The van der Waals surface area contributed by atoms with E-state index in [1.54, 1.807) is 7.11 Å². The van der Waals surface area contributed by atoms with Gasteiger partial charge in [-0.2, -0.15) is 0 Å². The molecule has 5 nitrogen and oxygen atoms in total. The molecule has 1 atom stereocenters. The van der Waals surface area contributed by atoms with Crippen molar-refractivity contribution in [3.05, 3.63) is 0 Å². The van der Waals surface area contributed by atoms with Gasteiger partial charge in [0.15, 0.2) is 0 Å². The Morgan fingerprint density at radius 1 is 1.69 bits per heavy atom. The van der Waals surface area contributed by atoms with E-state index in [1.807, 2.05) is 13.8 Å². The molecule has 0 aliphatic rings. The molecule has 0 amide bonds. The predicted octanol–water partition coefficient (Wildman–Crippen LogP) is -0.587. The van der Waals surface area contributed by atoms with E-state index >= 15 is 0 Å². The average Bonchev–Trinajstić information content (AvgIpc) is 2.00. The Labute approximate surface area is 78.3 Å². The summed E-state index contributed by atoms with van der Waals surface area (Å²) in [5.41, 5.74) is 5.07. The van der Waals surface area contributed by atoms with Crippen molar-refractivity contribution in [1.29, 1.82) is 0 Å². The molecular weight excluding hydrogens is 172 g/mol. The second-order valence-corrected chi connectivity index (χ2v) is 3.64. The van der Waals surface area contributed by atoms with E-state index in [9.17, 15) is 4.79 Å². The van der Waals surface area contributed by atoms with E-state index in [0.29, 0.717) is 6.61 Å². The second kappa shape index (κ2) is 5.16. The number of aliphatic carboxylic acids is 1. The number of ether oxygens (including phenoxy) is 1. The first kappa shape index (κ1) is 12.3. The fraction of sp³-hybridized carbons (Fsp3) is 0.875. The number of carboxylic acids is 1. The standard InChI is InChI=1S/C8H18N2O3/c1-8(2,5-13-3)10-4-6(9)7(11)12/h6,10H,4-5,9H2,1-3H3,(H,11,12). The van der Waals surface area contributed by atoms with Crippen LogP contribution in [-0.4, -0.2) is 42.9 Å². The van der Waals surface area contributed by atoms with E-state index < -0.39 is 12.0 Å². The molecule has 0 spiro atoms. The highest BCUT2D eigenvalue weighted by atomic mass is 16.5. The minimum absolute atomic E-state index is 0.242. The molecule has 0 aromatic carbocycles. The van der Waals surface area contributed by atoms with Crippen LogP contribution < -0.4 is 11.1 Å². The third kappa shape index (κ3) is 5.57. The van der Waals surface area contributed by atoms with Crippen LogP contribution in [0.15, 0.2) is 0 Å². The third-order valence-corrected chi connectivity index (χ3v) is 1.62. The highest BCUT2D eigenvalue weighted by Crippen LogP contribution is 2.01. The maximum Gasteiger partial charge on any atom is 0.321 e. The zero-order valence-electron chi connectivity index (χ0n) is 8.33. The Bertz CT molecular complexity index is 171. The van der Waals surface area contributed by atoms with E-state index in [2.05, 4.69) is 5.32 Å². The highest BCUT2D eigenvalue weighted by molar-refractivity contribution is 5.73. The van der Waals surface area contributed by atoms with Crippen LogP contribution in [0.3, 0.4) is 0 Å². The number of nitrogens with two attached hydrogens (primary N) is 1. The summed E-state index contributed by atoms with van der Waals surface area (Å²) in [4.78, 5) is 10.4. The normalized spacial score (nSPS) is 14.2. The quantitative estimate of drug-likeness (QED) is 0.521. The number of carboxylic acid groups (broad SMARTS) is 1. The first-order chi connectivity index (χ1) is 5.89. The molecular formula is C8H18N2O3. The van der Waals surface area contributed by atoms with Gasteiger partial charge in [0.2, 0.25) is 0 Å². The number of hydrogen-bond acceptors (Lipinski definition) is 4. The van der Waals surface area contributed by atoms with Crippen LogP contribution in [0.2, 0.25) is 0 Å². The molecule has 0 aliphatic heterocycles. The summed E-state index contributed by atoms with van der Waals surface area (Å²) in [5, 5.41) is 11.5. The van der Waals surface area contributed by atoms with Crippen molar-refractivity contribution in [3.63, 3.8) is 0 Å².